The Labute approximate surface area is 130 Å². The van der Waals surface area contributed by atoms with Crippen molar-refractivity contribution in [3.8, 4) is 0 Å². The van der Waals surface area contributed by atoms with Gasteiger partial charge in [-0.25, -0.2) is 9.37 Å². The third-order valence-electron chi connectivity index (χ3n) is 2.63. The van der Waals surface area contributed by atoms with Gasteiger partial charge in [-0.1, -0.05) is 23.2 Å². The summed E-state index contributed by atoms with van der Waals surface area (Å²) in [4.78, 5) is 7.27. The molecule has 0 spiro atoms. The molecule has 0 saturated carbocycles. The summed E-state index contributed by atoms with van der Waals surface area (Å²) in [6.45, 7) is 0. The van der Waals surface area contributed by atoms with Gasteiger partial charge in [0.1, 0.15) is 5.82 Å². The smallest absolute Gasteiger partial charge is 0.205 e. The molecule has 20 heavy (non-hydrogen) atoms. The zero-order valence-electron chi connectivity index (χ0n) is 9.95. The first kappa shape index (κ1) is 14.9. The standard InChI is InChI=1S/C13H8Cl2FN3.ClH/c14-9-3-2-8(6-10(9)15)17-13-18-11-4-1-7(16)5-12(11)19-13;/h1-6H,(H2,17,18,19);1H. The maximum atomic E-state index is 13.1. The fourth-order valence-electron chi connectivity index (χ4n) is 1.75. The minimum Gasteiger partial charge on any atom is -0.326 e. The van der Waals surface area contributed by atoms with Crippen molar-refractivity contribution in [1.82, 2.24) is 9.97 Å². The second-order valence-corrected chi connectivity index (χ2v) is 4.82. The fourth-order valence-corrected chi connectivity index (χ4v) is 2.05. The van der Waals surface area contributed by atoms with Gasteiger partial charge >= 0.3 is 0 Å². The van der Waals surface area contributed by atoms with E-state index < -0.39 is 0 Å². The third kappa shape index (κ3) is 2.98. The number of halogens is 4. The molecule has 0 radical (unpaired) electrons. The Bertz CT molecular complexity index is 758. The minimum absolute atomic E-state index is 0. The molecule has 104 valence electrons. The van der Waals surface area contributed by atoms with Gasteiger partial charge in [-0.05, 0) is 36.4 Å². The first-order valence-corrected chi connectivity index (χ1v) is 6.25. The highest BCUT2D eigenvalue weighted by Gasteiger charge is 2.05. The molecule has 2 aromatic carbocycles. The highest BCUT2D eigenvalue weighted by atomic mass is 35.5. The number of hydrogen-bond acceptors (Lipinski definition) is 2. The van der Waals surface area contributed by atoms with E-state index in [0.717, 1.165) is 5.69 Å². The summed E-state index contributed by atoms with van der Waals surface area (Å²) in [5.74, 6) is 0.205. The second kappa shape index (κ2) is 5.87. The topological polar surface area (TPSA) is 40.7 Å². The molecule has 7 heteroatoms. The lowest BCUT2D eigenvalue weighted by atomic mass is 10.3. The van der Waals surface area contributed by atoms with Crippen molar-refractivity contribution in [3.05, 3.63) is 52.3 Å². The van der Waals surface area contributed by atoms with E-state index in [-0.39, 0.29) is 18.2 Å². The van der Waals surface area contributed by atoms with Gasteiger partial charge in [-0.3, -0.25) is 0 Å². The van der Waals surface area contributed by atoms with Gasteiger partial charge in [0.15, 0.2) is 0 Å². The van der Waals surface area contributed by atoms with E-state index in [1.165, 1.54) is 12.1 Å². The quantitative estimate of drug-likeness (QED) is 0.679. The predicted molar refractivity (Wildman–Crippen MR) is 83.0 cm³/mol. The molecule has 1 aromatic heterocycles. The molecule has 0 saturated heterocycles. The van der Waals surface area contributed by atoms with E-state index in [9.17, 15) is 4.39 Å². The van der Waals surface area contributed by atoms with Crippen LogP contribution >= 0.6 is 35.6 Å². The number of aromatic amines is 1. The normalized spacial score (nSPS) is 10.3. The first-order valence-electron chi connectivity index (χ1n) is 5.49. The summed E-state index contributed by atoms with van der Waals surface area (Å²) in [6, 6.07) is 9.53. The van der Waals surface area contributed by atoms with Gasteiger partial charge in [-0.15, -0.1) is 12.4 Å². The highest BCUT2D eigenvalue weighted by molar-refractivity contribution is 6.42. The zero-order valence-corrected chi connectivity index (χ0v) is 12.3. The number of fused-ring (bicyclic) bond motifs is 1. The third-order valence-corrected chi connectivity index (χ3v) is 3.37. The molecule has 0 aliphatic heterocycles. The molecule has 3 nitrogen and oxygen atoms in total. The Morgan fingerprint density at radius 2 is 1.85 bits per heavy atom. The number of nitrogens with zero attached hydrogens (tertiary/aromatic N) is 1. The largest absolute Gasteiger partial charge is 0.326 e. The van der Waals surface area contributed by atoms with Crippen molar-refractivity contribution in [2.45, 2.75) is 0 Å². The fraction of sp³-hybridized carbons (Fsp3) is 0. The van der Waals surface area contributed by atoms with E-state index in [2.05, 4.69) is 15.3 Å². The molecular formula is C13H9Cl3FN3. The number of nitrogens with one attached hydrogen (secondary N) is 2. The van der Waals surface area contributed by atoms with Crippen LogP contribution in [0.1, 0.15) is 0 Å². The molecule has 0 amide bonds. The predicted octanol–water partition coefficient (Wildman–Crippen LogP) is 5.17. The number of hydrogen-bond donors (Lipinski definition) is 2. The number of anilines is 2. The highest BCUT2D eigenvalue weighted by Crippen LogP contribution is 2.27. The van der Waals surface area contributed by atoms with Crippen LogP contribution in [0.2, 0.25) is 10.0 Å². The van der Waals surface area contributed by atoms with Crippen molar-refractivity contribution >= 4 is 58.3 Å². The number of imidazole rings is 1. The Kier molecular flexibility index (Phi) is 4.38. The van der Waals surface area contributed by atoms with Crippen LogP contribution in [-0.4, -0.2) is 9.97 Å². The number of rotatable bonds is 2. The Morgan fingerprint density at radius 3 is 2.60 bits per heavy atom. The number of H-pyrrole nitrogens is 1. The summed E-state index contributed by atoms with van der Waals surface area (Å²) >= 11 is 11.8. The van der Waals surface area contributed by atoms with Crippen LogP contribution in [0.15, 0.2) is 36.4 Å². The van der Waals surface area contributed by atoms with Gasteiger partial charge in [0.05, 0.1) is 21.1 Å². The molecule has 3 rings (SSSR count). The van der Waals surface area contributed by atoms with Crippen LogP contribution < -0.4 is 5.32 Å². The summed E-state index contributed by atoms with van der Waals surface area (Å²) < 4.78 is 13.1. The first-order chi connectivity index (χ1) is 9.11. The van der Waals surface area contributed by atoms with E-state index in [1.54, 1.807) is 24.3 Å². The van der Waals surface area contributed by atoms with Gasteiger partial charge in [0, 0.05) is 5.69 Å². The maximum absolute atomic E-state index is 13.1. The average Bonchev–Trinajstić information content (AvgIpc) is 2.75. The van der Waals surface area contributed by atoms with Crippen LogP contribution in [0.4, 0.5) is 16.0 Å². The lowest BCUT2D eigenvalue weighted by molar-refractivity contribution is 0.629. The molecule has 2 N–H and O–H groups in total. The Hall–Kier alpha value is -1.49. The molecule has 0 atom stereocenters. The van der Waals surface area contributed by atoms with E-state index in [0.29, 0.717) is 27.0 Å². The van der Waals surface area contributed by atoms with Crippen LogP contribution in [0.25, 0.3) is 11.0 Å². The van der Waals surface area contributed by atoms with E-state index in [4.69, 9.17) is 23.2 Å². The number of benzene rings is 2. The molecule has 0 aliphatic rings. The molecular weight excluding hydrogens is 324 g/mol. The van der Waals surface area contributed by atoms with Crippen molar-refractivity contribution in [1.29, 1.82) is 0 Å². The van der Waals surface area contributed by atoms with Crippen LogP contribution in [-0.2, 0) is 0 Å². The van der Waals surface area contributed by atoms with Gasteiger partial charge < -0.3 is 10.3 Å². The summed E-state index contributed by atoms with van der Waals surface area (Å²) in [7, 11) is 0. The van der Waals surface area contributed by atoms with Crippen molar-refractivity contribution < 1.29 is 4.39 Å². The molecule has 3 aromatic rings. The Balaban J connectivity index is 0.00000147. The lowest BCUT2D eigenvalue weighted by Crippen LogP contribution is -1.91. The van der Waals surface area contributed by atoms with Crippen molar-refractivity contribution in [2.24, 2.45) is 0 Å². The second-order valence-electron chi connectivity index (χ2n) is 4.00. The van der Waals surface area contributed by atoms with E-state index in [1.807, 2.05) is 0 Å². The van der Waals surface area contributed by atoms with Crippen LogP contribution in [0.3, 0.4) is 0 Å². The zero-order chi connectivity index (χ0) is 13.4. The van der Waals surface area contributed by atoms with Gasteiger partial charge in [-0.2, -0.15) is 0 Å². The average molecular weight is 333 g/mol. The summed E-state index contributed by atoms with van der Waals surface area (Å²) in [6.07, 6.45) is 0. The van der Waals surface area contributed by atoms with Gasteiger partial charge in [0.25, 0.3) is 0 Å². The van der Waals surface area contributed by atoms with Crippen molar-refractivity contribution in [3.63, 3.8) is 0 Å². The molecule has 0 aliphatic carbocycles. The number of aromatic nitrogens is 2. The molecule has 0 unspecified atom stereocenters. The monoisotopic (exact) mass is 331 g/mol. The molecule has 1 heterocycles. The van der Waals surface area contributed by atoms with Crippen LogP contribution in [0.5, 0.6) is 0 Å². The van der Waals surface area contributed by atoms with E-state index >= 15 is 0 Å². The summed E-state index contributed by atoms with van der Waals surface area (Å²) in [5.41, 5.74) is 2.06. The Morgan fingerprint density at radius 1 is 1.05 bits per heavy atom. The summed E-state index contributed by atoms with van der Waals surface area (Å²) in [5, 5.41) is 3.99. The van der Waals surface area contributed by atoms with Gasteiger partial charge in [0.2, 0.25) is 5.95 Å². The molecule has 0 bridgehead atoms. The van der Waals surface area contributed by atoms with Crippen LogP contribution in [0, 0.1) is 5.82 Å². The maximum Gasteiger partial charge on any atom is 0.205 e. The SMILES string of the molecule is Cl.Fc1ccc2nc(Nc3ccc(Cl)c(Cl)c3)[nH]c2c1. The van der Waals surface area contributed by atoms with Crippen molar-refractivity contribution in [2.75, 3.05) is 5.32 Å². The minimum atomic E-state index is -0.308. The molecule has 0 fully saturated rings. The lowest BCUT2D eigenvalue weighted by Gasteiger charge is -2.03.